The molecule has 3 heterocycles. The number of nitrogens with zero attached hydrogens (tertiary/aromatic N) is 4. The molecule has 1 aromatic rings. The van der Waals surface area contributed by atoms with Crippen molar-refractivity contribution in [2.45, 2.75) is 26.4 Å². The predicted octanol–water partition coefficient (Wildman–Crippen LogP) is -0.357. The van der Waals surface area contributed by atoms with Crippen molar-refractivity contribution in [1.29, 1.82) is 0 Å². The largest absolute Gasteiger partial charge is 0.395 e. The maximum absolute atomic E-state index is 12.7. The zero-order valence-electron chi connectivity index (χ0n) is 12.3. The van der Waals surface area contributed by atoms with E-state index in [1.807, 2.05) is 6.92 Å². The van der Waals surface area contributed by atoms with Crippen LogP contribution in [0.5, 0.6) is 0 Å². The Labute approximate surface area is 122 Å². The van der Waals surface area contributed by atoms with E-state index in [0.717, 1.165) is 0 Å². The van der Waals surface area contributed by atoms with E-state index in [-0.39, 0.29) is 18.0 Å². The summed E-state index contributed by atoms with van der Waals surface area (Å²) in [5.41, 5.74) is 7.59. The summed E-state index contributed by atoms with van der Waals surface area (Å²) in [5.74, 6) is -0.103. The van der Waals surface area contributed by atoms with Crippen molar-refractivity contribution in [3.63, 3.8) is 0 Å². The number of aromatic nitrogens is 2. The van der Waals surface area contributed by atoms with Crippen molar-refractivity contribution in [3.05, 3.63) is 11.4 Å². The van der Waals surface area contributed by atoms with E-state index in [0.29, 0.717) is 49.8 Å². The molecular weight excluding hydrogens is 272 g/mol. The first kappa shape index (κ1) is 13.7. The number of nitrogen functional groups attached to an aromatic ring is 1. The number of hydrogen-bond acceptors (Lipinski definition) is 4. The van der Waals surface area contributed by atoms with Crippen LogP contribution in [0, 0.1) is 6.92 Å². The van der Waals surface area contributed by atoms with E-state index < -0.39 is 0 Å². The maximum Gasteiger partial charge on any atom is 0.317 e. The van der Waals surface area contributed by atoms with Gasteiger partial charge in [-0.25, -0.2) is 4.79 Å². The van der Waals surface area contributed by atoms with Gasteiger partial charge in [0.05, 0.1) is 17.4 Å². The molecule has 3 rings (SSSR count). The van der Waals surface area contributed by atoms with E-state index in [2.05, 4.69) is 10.4 Å². The molecule has 21 heavy (non-hydrogen) atoms. The number of piperazine rings is 1. The predicted molar refractivity (Wildman–Crippen MR) is 76.8 cm³/mol. The monoisotopic (exact) mass is 292 g/mol. The molecule has 2 aliphatic rings. The molecule has 0 aromatic carbocycles. The van der Waals surface area contributed by atoms with Crippen LogP contribution in [0.3, 0.4) is 0 Å². The van der Waals surface area contributed by atoms with Crippen LogP contribution in [-0.2, 0) is 6.54 Å². The Morgan fingerprint density at radius 1 is 1.48 bits per heavy atom. The number of hydrogen-bond donors (Lipinski definition) is 2. The van der Waals surface area contributed by atoms with Crippen LogP contribution < -0.4 is 11.1 Å². The SMILES string of the molecule is CCn1nc(C)c(N)c1C(=O)N1CCN2C(=O)NCC2C1. The van der Waals surface area contributed by atoms with Gasteiger partial charge in [0, 0.05) is 32.7 Å². The smallest absolute Gasteiger partial charge is 0.317 e. The van der Waals surface area contributed by atoms with Crippen molar-refractivity contribution in [3.8, 4) is 0 Å². The number of carbonyl (C=O) groups excluding carboxylic acids is 2. The first-order chi connectivity index (χ1) is 10.0. The summed E-state index contributed by atoms with van der Waals surface area (Å²) in [4.78, 5) is 27.9. The quantitative estimate of drug-likeness (QED) is 0.778. The fourth-order valence-electron chi connectivity index (χ4n) is 2.99. The Hall–Kier alpha value is -2.25. The molecule has 1 unspecified atom stereocenters. The van der Waals surface area contributed by atoms with Gasteiger partial charge in [-0.3, -0.25) is 9.48 Å². The molecule has 3 N–H and O–H groups in total. The van der Waals surface area contributed by atoms with Crippen molar-refractivity contribution >= 4 is 17.6 Å². The fraction of sp³-hybridized carbons (Fsp3) is 0.615. The summed E-state index contributed by atoms with van der Waals surface area (Å²) >= 11 is 0. The number of urea groups is 1. The Balaban J connectivity index is 1.82. The average molecular weight is 292 g/mol. The molecule has 0 saturated carbocycles. The molecule has 8 nitrogen and oxygen atoms in total. The molecule has 0 aliphatic carbocycles. The van der Waals surface area contributed by atoms with Gasteiger partial charge >= 0.3 is 6.03 Å². The number of nitrogens with one attached hydrogen (secondary N) is 1. The van der Waals surface area contributed by atoms with Crippen molar-refractivity contribution in [2.75, 3.05) is 31.9 Å². The number of amides is 3. The van der Waals surface area contributed by atoms with Crippen LogP contribution in [0.2, 0.25) is 0 Å². The summed E-state index contributed by atoms with van der Waals surface area (Å²) < 4.78 is 1.65. The molecule has 3 amide bonds. The summed E-state index contributed by atoms with van der Waals surface area (Å²) in [6, 6.07) is 0.0107. The van der Waals surface area contributed by atoms with Crippen molar-refractivity contribution in [1.82, 2.24) is 24.9 Å². The van der Waals surface area contributed by atoms with Gasteiger partial charge in [0.2, 0.25) is 0 Å². The van der Waals surface area contributed by atoms with E-state index in [1.54, 1.807) is 21.4 Å². The molecule has 0 bridgehead atoms. The standard InChI is InChI=1S/C13H20N6O2/c1-3-19-11(10(14)8(2)16-19)12(20)17-4-5-18-9(7-17)6-15-13(18)21/h9H,3-7,14H2,1-2H3,(H,15,21). The number of aryl methyl sites for hydroxylation is 2. The third-order valence-electron chi connectivity index (χ3n) is 4.20. The summed E-state index contributed by atoms with van der Waals surface area (Å²) in [5, 5.41) is 7.10. The van der Waals surface area contributed by atoms with Crippen molar-refractivity contribution in [2.24, 2.45) is 0 Å². The number of fused-ring (bicyclic) bond motifs is 1. The molecule has 8 heteroatoms. The first-order valence-corrected chi connectivity index (χ1v) is 7.19. The van der Waals surface area contributed by atoms with Gasteiger partial charge in [0.15, 0.2) is 0 Å². The van der Waals surface area contributed by atoms with Crippen LogP contribution in [0.4, 0.5) is 10.5 Å². The van der Waals surface area contributed by atoms with Gasteiger partial charge in [-0.15, -0.1) is 0 Å². The van der Waals surface area contributed by atoms with Gasteiger partial charge in [-0.05, 0) is 13.8 Å². The van der Waals surface area contributed by atoms with E-state index in [4.69, 9.17) is 5.73 Å². The molecule has 114 valence electrons. The van der Waals surface area contributed by atoms with Crippen LogP contribution in [-0.4, -0.2) is 63.7 Å². The average Bonchev–Trinajstić information content (AvgIpc) is 2.99. The first-order valence-electron chi connectivity index (χ1n) is 7.19. The topological polar surface area (TPSA) is 96.5 Å². The van der Waals surface area contributed by atoms with Gasteiger partial charge in [0.25, 0.3) is 5.91 Å². The lowest BCUT2D eigenvalue weighted by atomic mass is 10.1. The van der Waals surface area contributed by atoms with Gasteiger partial charge in [-0.1, -0.05) is 0 Å². The van der Waals surface area contributed by atoms with E-state index in [1.165, 1.54) is 0 Å². The van der Waals surface area contributed by atoms with E-state index in [9.17, 15) is 9.59 Å². The zero-order chi connectivity index (χ0) is 15.1. The Morgan fingerprint density at radius 3 is 2.95 bits per heavy atom. The number of nitrogens with two attached hydrogens (primary N) is 1. The highest BCUT2D eigenvalue weighted by molar-refractivity contribution is 5.98. The third-order valence-corrected chi connectivity index (χ3v) is 4.20. The van der Waals surface area contributed by atoms with Crippen LogP contribution >= 0.6 is 0 Å². The Bertz CT molecular complexity index is 596. The second-order valence-corrected chi connectivity index (χ2v) is 5.45. The van der Waals surface area contributed by atoms with Gasteiger partial charge in [-0.2, -0.15) is 5.10 Å². The normalized spacial score (nSPS) is 21.4. The molecule has 2 aliphatic heterocycles. The summed E-state index contributed by atoms with van der Waals surface area (Å²) in [6.45, 7) is 6.53. The molecule has 1 atom stereocenters. The number of anilines is 1. The highest BCUT2D eigenvalue weighted by atomic mass is 16.2. The minimum absolute atomic E-state index is 0.0407. The lowest BCUT2D eigenvalue weighted by Gasteiger charge is -2.36. The minimum Gasteiger partial charge on any atom is -0.395 e. The lowest BCUT2D eigenvalue weighted by Crippen LogP contribution is -2.54. The highest BCUT2D eigenvalue weighted by Gasteiger charge is 2.38. The van der Waals surface area contributed by atoms with E-state index >= 15 is 0 Å². The van der Waals surface area contributed by atoms with Crippen LogP contribution in [0.25, 0.3) is 0 Å². The lowest BCUT2D eigenvalue weighted by molar-refractivity contribution is 0.0606. The Kier molecular flexibility index (Phi) is 3.23. The van der Waals surface area contributed by atoms with Crippen LogP contribution in [0.15, 0.2) is 0 Å². The molecule has 1 aromatic heterocycles. The molecule has 0 spiro atoms. The maximum atomic E-state index is 12.7. The van der Waals surface area contributed by atoms with Crippen LogP contribution in [0.1, 0.15) is 23.1 Å². The van der Waals surface area contributed by atoms with Crippen molar-refractivity contribution < 1.29 is 9.59 Å². The second-order valence-electron chi connectivity index (χ2n) is 5.45. The molecule has 2 fully saturated rings. The molecule has 0 radical (unpaired) electrons. The minimum atomic E-state index is -0.103. The Morgan fingerprint density at radius 2 is 2.24 bits per heavy atom. The number of rotatable bonds is 2. The third kappa shape index (κ3) is 2.10. The highest BCUT2D eigenvalue weighted by Crippen LogP contribution is 2.21. The summed E-state index contributed by atoms with van der Waals surface area (Å²) in [6.07, 6.45) is 0. The second kappa shape index (κ2) is 4.94. The fourth-order valence-corrected chi connectivity index (χ4v) is 2.99. The number of carbonyl (C=O) groups is 2. The molecule has 2 saturated heterocycles. The molecular formula is C13H20N6O2. The van der Waals surface area contributed by atoms with Gasteiger partial charge < -0.3 is 20.9 Å². The summed E-state index contributed by atoms with van der Waals surface area (Å²) in [7, 11) is 0. The van der Waals surface area contributed by atoms with Gasteiger partial charge in [0.1, 0.15) is 5.69 Å². The zero-order valence-corrected chi connectivity index (χ0v) is 12.3.